The van der Waals surface area contributed by atoms with Crippen molar-refractivity contribution in [1.82, 2.24) is 10.3 Å². The number of aromatic nitrogens is 1. The maximum atomic E-state index is 5.03. The van der Waals surface area contributed by atoms with Crippen LogP contribution in [-0.4, -0.2) is 12.0 Å². The number of aryl methyl sites for hydroxylation is 2. The molecule has 1 fully saturated rings. The number of thiazole rings is 1. The summed E-state index contributed by atoms with van der Waals surface area (Å²) < 4.78 is 0. The van der Waals surface area contributed by atoms with Gasteiger partial charge in [-0.2, -0.15) is 0 Å². The molecule has 2 atom stereocenters. The average Bonchev–Trinajstić information content (AvgIpc) is 2.99. The first-order chi connectivity index (χ1) is 9.63. The van der Waals surface area contributed by atoms with Crippen molar-refractivity contribution < 1.29 is 0 Å². The number of nitrogens with one attached hydrogen (secondary N) is 1. The van der Waals surface area contributed by atoms with Gasteiger partial charge in [0.25, 0.3) is 0 Å². The smallest absolute Gasteiger partial charge is 0.113 e. The molecule has 1 aromatic rings. The second kappa shape index (κ2) is 5.76. The second-order valence-corrected chi connectivity index (χ2v) is 8.25. The maximum Gasteiger partial charge on any atom is 0.113 e. The van der Waals surface area contributed by atoms with Crippen LogP contribution in [-0.2, 0) is 18.4 Å². The van der Waals surface area contributed by atoms with Crippen LogP contribution in [0, 0.1) is 11.8 Å². The number of fused-ring (bicyclic) bond motifs is 1. The van der Waals surface area contributed by atoms with Gasteiger partial charge in [-0.05, 0) is 57.4 Å². The molecule has 0 amide bonds. The fourth-order valence-corrected chi connectivity index (χ4v) is 5.56. The predicted molar refractivity (Wildman–Crippen MR) is 86.3 cm³/mol. The lowest BCUT2D eigenvalue weighted by Crippen LogP contribution is -2.44. The monoisotopic (exact) mass is 292 g/mol. The molecular weight excluding hydrogens is 264 g/mol. The first-order valence-corrected chi connectivity index (χ1v) is 9.12. The number of nitrogens with zero attached hydrogens (tertiary/aromatic N) is 1. The number of hydrogen-bond acceptors (Lipinski definition) is 3. The summed E-state index contributed by atoms with van der Waals surface area (Å²) in [6, 6.07) is 0. The summed E-state index contributed by atoms with van der Waals surface area (Å²) >= 11 is 2.00. The van der Waals surface area contributed by atoms with Gasteiger partial charge in [0, 0.05) is 4.88 Å². The van der Waals surface area contributed by atoms with Gasteiger partial charge >= 0.3 is 0 Å². The Morgan fingerprint density at radius 3 is 2.90 bits per heavy atom. The van der Waals surface area contributed by atoms with Crippen molar-refractivity contribution in [3.63, 3.8) is 0 Å². The molecule has 20 heavy (non-hydrogen) atoms. The van der Waals surface area contributed by atoms with Crippen LogP contribution in [0.1, 0.15) is 68.0 Å². The molecule has 3 rings (SSSR count). The van der Waals surface area contributed by atoms with E-state index in [-0.39, 0.29) is 5.54 Å². The molecule has 2 aliphatic carbocycles. The van der Waals surface area contributed by atoms with E-state index in [4.69, 9.17) is 4.98 Å². The molecule has 0 spiro atoms. The third-order valence-corrected chi connectivity index (χ3v) is 6.50. The summed E-state index contributed by atoms with van der Waals surface area (Å²) in [7, 11) is 2.14. The summed E-state index contributed by atoms with van der Waals surface area (Å²) in [6.45, 7) is 4.71. The van der Waals surface area contributed by atoms with Gasteiger partial charge < -0.3 is 5.32 Å². The molecule has 112 valence electrons. The van der Waals surface area contributed by atoms with Crippen LogP contribution >= 0.6 is 11.3 Å². The van der Waals surface area contributed by atoms with E-state index >= 15 is 0 Å². The van der Waals surface area contributed by atoms with Gasteiger partial charge in [-0.15, -0.1) is 11.3 Å². The lowest BCUT2D eigenvalue weighted by molar-refractivity contribution is 0.171. The van der Waals surface area contributed by atoms with Crippen molar-refractivity contribution in [2.24, 2.45) is 11.8 Å². The standard InChI is InChI=1S/C17H28N2S/c1-12(2)10-13-6-5-9-17(11-13,18-3)16-19-14-7-4-8-15(14)20-16/h12-13,18H,4-11H2,1-3H3. The third kappa shape index (κ3) is 2.67. The van der Waals surface area contributed by atoms with Crippen LogP contribution in [0.4, 0.5) is 0 Å². The van der Waals surface area contributed by atoms with Gasteiger partial charge in [0.2, 0.25) is 0 Å². The molecule has 2 unspecified atom stereocenters. The highest BCUT2D eigenvalue weighted by molar-refractivity contribution is 7.12. The molecule has 0 aromatic carbocycles. The number of rotatable bonds is 4. The van der Waals surface area contributed by atoms with Crippen LogP contribution in [0.15, 0.2) is 0 Å². The van der Waals surface area contributed by atoms with E-state index < -0.39 is 0 Å². The van der Waals surface area contributed by atoms with Crippen LogP contribution in [0.2, 0.25) is 0 Å². The lowest BCUT2D eigenvalue weighted by atomic mass is 9.73. The van der Waals surface area contributed by atoms with E-state index in [9.17, 15) is 0 Å². The van der Waals surface area contributed by atoms with Crippen molar-refractivity contribution in [2.45, 2.75) is 70.8 Å². The van der Waals surface area contributed by atoms with Gasteiger partial charge in [-0.3, -0.25) is 0 Å². The van der Waals surface area contributed by atoms with Crippen molar-refractivity contribution >= 4 is 11.3 Å². The fourth-order valence-electron chi connectivity index (χ4n) is 4.18. The van der Waals surface area contributed by atoms with E-state index in [1.807, 2.05) is 11.3 Å². The van der Waals surface area contributed by atoms with Gasteiger partial charge in [0.15, 0.2) is 0 Å². The molecule has 0 aliphatic heterocycles. The fraction of sp³-hybridized carbons (Fsp3) is 0.824. The zero-order valence-corrected chi connectivity index (χ0v) is 14.0. The largest absolute Gasteiger partial charge is 0.308 e. The Kier molecular flexibility index (Phi) is 4.19. The van der Waals surface area contributed by atoms with Crippen LogP contribution in [0.3, 0.4) is 0 Å². The Bertz CT molecular complexity index is 444. The van der Waals surface area contributed by atoms with Gasteiger partial charge in [0.05, 0.1) is 11.2 Å². The quantitative estimate of drug-likeness (QED) is 0.896. The molecular formula is C17H28N2S. The lowest BCUT2D eigenvalue weighted by Gasteiger charge is -2.40. The average molecular weight is 292 g/mol. The zero-order chi connectivity index (χ0) is 14.2. The Balaban J connectivity index is 1.82. The first kappa shape index (κ1) is 14.5. The highest BCUT2D eigenvalue weighted by Gasteiger charge is 2.40. The van der Waals surface area contributed by atoms with Crippen LogP contribution in [0.25, 0.3) is 0 Å². The van der Waals surface area contributed by atoms with E-state index in [2.05, 4.69) is 26.2 Å². The minimum absolute atomic E-state index is 0.173. The molecule has 2 nitrogen and oxygen atoms in total. The first-order valence-electron chi connectivity index (χ1n) is 8.31. The Labute approximate surface area is 127 Å². The Morgan fingerprint density at radius 2 is 2.20 bits per heavy atom. The summed E-state index contributed by atoms with van der Waals surface area (Å²) in [6.07, 6.45) is 10.5. The maximum absolute atomic E-state index is 5.03. The Hall–Kier alpha value is -0.410. The Morgan fingerprint density at radius 1 is 1.35 bits per heavy atom. The van der Waals surface area contributed by atoms with E-state index in [0.717, 1.165) is 11.8 Å². The molecule has 1 aromatic heterocycles. The normalized spacial score (nSPS) is 29.9. The molecule has 3 heteroatoms. The van der Waals surface area contributed by atoms with E-state index in [0.29, 0.717) is 0 Å². The van der Waals surface area contributed by atoms with Gasteiger partial charge in [-0.25, -0.2) is 4.98 Å². The second-order valence-electron chi connectivity index (χ2n) is 7.17. The summed E-state index contributed by atoms with van der Waals surface area (Å²) in [5.74, 6) is 1.68. The number of hydrogen-bond donors (Lipinski definition) is 1. The van der Waals surface area contributed by atoms with Crippen molar-refractivity contribution in [1.29, 1.82) is 0 Å². The van der Waals surface area contributed by atoms with Crippen LogP contribution < -0.4 is 5.32 Å². The third-order valence-electron chi connectivity index (χ3n) is 5.14. The zero-order valence-electron chi connectivity index (χ0n) is 13.2. The summed E-state index contributed by atoms with van der Waals surface area (Å²) in [4.78, 5) is 6.60. The molecule has 1 heterocycles. The van der Waals surface area contributed by atoms with Crippen molar-refractivity contribution in [3.05, 3.63) is 15.6 Å². The summed E-state index contributed by atoms with van der Waals surface area (Å²) in [5, 5.41) is 5.06. The molecule has 0 saturated heterocycles. The minimum Gasteiger partial charge on any atom is -0.308 e. The predicted octanol–water partition coefficient (Wildman–Crippen LogP) is 4.28. The van der Waals surface area contributed by atoms with Crippen molar-refractivity contribution in [2.75, 3.05) is 7.05 Å². The highest BCUT2D eigenvalue weighted by atomic mass is 32.1. The van der Waals surface area contributed by atoms with E-state index in [1.54, 1.807) is 4.88 Å². The molecule has 0 bridgehead atoms. The molecule has 0 radical (unpaired) electrons. The molecule has 1 saturated carbocycles. The van der Waals surface area contributed by atoms with Gasteiger partial charge in [0.1, 0.15) is 5.01 Å². The minimum atomic E-state index is 0.173. The topological polar surface area (TPSA) is 24.9 Å². The summed E-state index contributed by atoms with van der Waals surface area (Å²) in [5.41, 5.74) is 1.58. The van der Waals surface area contributed by atoms with E-state index in [1.165, 1.54) is 62.1 Å². The van der Waals surface area contributed by atoms with Crippen molar-refractivity contribution in [3.8, 4) is 0 Å². The van der Waals surface area contributed by atoms with Gasteiger partial charge in [-0.1, -0.05) is 26.7 Å². The van der Waals surface area contributed by atoms with Crippen LogP contribution in [0.5, 0.6) is 0 Å². The highest BCUT2D eigenvalue weighted by Crippen LogP contribution is 2.44. The molecule has 2 aliphatic rings. The SMILES string of the molecule is CNC1(c2nc3c(s2)CCC3)CCCC(CC(C)C)C1. The molecule has 1 N–H and O–H groups in total.